The molecule has 0 aromatic heterocycles. The van der Waals surface area contributed by atoms with E-state index in [0.29, 0.717) is 22.7 Å². The molecule has 1 N–H and O–H groups in total. The number of rotatable bonds is 9. The zero-order valence-corrected chi connectivity index (χ0v) is 24.5. The van der Waals surface area contributed by atoms with E-state index in [2.05, 4.69) is 11.8 Å². The fourth-order valence-electron chi connectivity index (χ4n) is 3.54. The lowest BCUT2D eigenvalue weighted by atomic mass is 9.89. The van der Waals surface area contributed by atoms with Gasteiger partial charge in [0.2, 0.25) is 0 Å². The third-order valence-corrected chi connectivity index (χ3v) is 8.30. The van der Waals surface area contributed by atoms with Crippen molar-refractivity contribution in [2.24, 2.45) is 5.41 Å². The predicted octanol–water partition coefficient (Wildman–Crippen LogP) is 5.67. The van der Waals surface area contributed by atoms with Gasteiger partial charge in [-0.3, -0.25) is 4.79 Å². The molecule has 0 spiro atoms. The molecule has 0 aliphatic carbocycles. The van der Waals surface area contributed by atoms with Gasteiger partial charge in [0.25, 0.3) is 5.91 Å². The summed E-state index contributed by atoms with van der Waals surface area (Å²) in [6, 6.07) is 9.16. The molecule has 1 atom stereocenters. The summed E-state index contributed by atoms with van der Waals surface area (Å²) in [4.78, 5) is 26.4. The zero-order valence-electron chi connectivity index (χ0n) is 23.0. The van der Waals surface area contributed by atoms with Crippen LogP contribution in [-0.2, 0) is 14.6 Å². The number of hydrogen-bond donors (Lipinski definition) is 1. The number of sulfone groups is 1. The minimum Gasteiger partial charge on any atom is -0.478 e. The molecule has 1 unspecified atom stereocenters. The number of hydrogen-bond acceptors (Lipinski definition) is 5. The van der Waals surface area contributed by atoms with Crippen LogP contribution < -0.4 is 4.74 Å². The van der Waals surface area contributed by atoms with Gasteiger partial charge in [0.1, 0.15) is 5.75 Å². The van der Waals surface area contributed by atoms with E-state index in [1.54, 1.807) is 65.9 Å². The van der Waals surface area contributed by atoms with Crippen LogP contribution in [0.15, 0.2) is 41.3 Å². The Hall–Kier alpha value is -3.02. The quantitative estimate of drug-likeness (QED) is 0.396. The molecular weight excluding hydrogens is 526 g/mol. The van der Waals surface area contributed by atoms with Crippen LogP contribution in [0.25, 0.3) is 0 Å². The molecule has 0 saturated carbocycles. The number of unbranched alkanes of at least 4 members (excludes halogenated alkanes) is 1. The van der Waals surface area contributed by atoms with Gasteiger partial charge in [-0.1, -0.05) is 57.6 Å². The molecule has 2 aromatic rings. The third-order valence-electron chi connectivity index (χ3n) is 5.87. The number of nitrogens with zero attached hydrogens (tertiary/aromatic N) is 1. The van der Waals surface area contributed by atoms with Crippen LogP contribution >= 0.6 is 11.6 Å². The summed E-state index contributed by atoms with van der Waals surface area (Å²) < 4.78 is 32.2. The first kappa shape index (κ1) is 31.2. The topological polar surface area (TPSA) is 101 Å². The Morgan fingerprint density at radius 1 is 1.11 bits per heavy atom. The highest BCUT2D eigenvalue weighted by atomic mass is 35.5. The molecule has 2 aromatic carbocycles. The van der Waals surface area contributed by atoms with E-state index in [0.717, 1.165) is 12.8 Å². The Bertz CT molecular complexity index is 1350. The predicted molar refractivity (Wildman–Crippen MR) is 150 cm³/mol. The number of carbonyl (C=O) groups is 2. The molecule has 0 fully saturated rings. The molecule has 0 saturated heterocycles. The molecule has 2 rings (SSSR count). The monoisotopic (exact) mass is 561 g/mol. The molecule has 1 amide bonds. The molecule has 7 nitrogen and oxygen atoms in total. The van der Waals surface area contributed by atoms with Gasteiger partial charge in [-0.25, -0.2) is 13.2 Å². The van der Waals surface area contributed by atoms with Crippen molar-refractivity contribution in [3.63, 3.8) is 0 Å². The Balaban J connectivity index is 2.59. The highest BCUT2D eigenvalue weighted by molar-refractivity contribution is 7.92. The van der Waals surface area contributed by atoms with Crippen LogP contribution in [-0.4, -0.2) is 55.2 Å². The second-order valence-corrected chi connectivity index (χ2v) is 13.4. The van der Waals surface area contributed by atoms with Crippen molar-refractivity contribution in [2.45, 2.75) is 70.6 Å². The van der Waals surface area contributed by atoms with Crippen LogP contribution in [0.3, 0.4) is 0 Å². The van der Waals surface area contributed by atoms with E-state index in [4.69, 9.17) is 16.3 Å². The highest BCUT2D eigenvalue weighted by Gasteiger charge is 2.34. The van der Waals surface area contributed by atoms with E-state index in [1.807, 2.05) is 6.92 Å². The van der Waals surface area contributed by atoms with Crippen molar-refractivity contribution in [2.75, 3.05) is 13.6 Å². The van der Waals surface area contributed by atoms with Gasteiger partial charge in [0.15, 0.2) is 15.9 Å². The fraction of sp³-hybridized carbons (Fsp3) is 0.448. The Kier molecular flexibility index (Phi) is 10.4. The van der Waals surface area contributed by atoms with Gasteiger partial charge in [-0.2, -0.15) is 0 Å². The molecule has 0 aliphatic rings. The van der Waals surface area contributed by atoms with Gasteiger partial charge in [0, 0.05) is 29.6 Å². The number of carbonyl (C=O) groups excluding carboxylic acids is 1. The van der Waals surface area contributed by atoms with Gasteiger partial charge in [0.05, 0.1) is 21.3 Å². The molecule has 0 radical (unpaired) electrons. The maximum Gasteiger partial charge on any atom is 0.345 e. The molecule has 0 heterocycles. The maximum atomic E-state index is 13.2. The Morgan fingerprint density at radius 3 is 2.32 bits per heavy atom. The van der Waals surface area contributed by atoms with Crippen LogP contribution in [0.5, 0.6) is 5.75 Å². The van der Waals surface area contributed by atoms with E-state index >= 15 is 0 Å². The standard InChI is InChI=1S/C29H36ClNO6S/c1-8-9-16-31(7)27(32)23-14-11-20(17-25(23)38(35,36)19(2)3)10-12-21-18-22(30)13-15-24(21)37-26(28(33)34)29(4,5)6/h11,13-15,17-19,26H,8-9,16H2,1-7H3,(H,33,34). The normalized spacial score (nSPS) is 12.4. The second-order valence-electron chi connectivity index (χ2n) is 10.5. The summed E-state index contributed by atoms with van der Waals surface area (Å²) in [5, 5.41) is 9.30. The summed E-state index contributed by atoms with van der Waals surface area (Å²) in [6.07, 6.45) is 0.573. The van der Waals surface area contributed by atoms with Crippen molar-refractivity contribution >= 4 is 33.3 Å². The van der Waals surface area contributed by atoms with Gasteiger partial charge in [-0.15, -0.1) is 0 Å². The van der Waals surface area contributed by atoms with Crippen molar-refractivity contribution < 1.29 is 27.9 Å². The zero-order chi connectivity index (χ0) is 28.8. The molecule has 38 heavy (non-hydrogen) atoms. The largest absolute Gasteiger partial charge is 0.478 e. The van der Waals surface area contributed by atoms with Crippen molar-refractivity contribution in [1.82, 2.24) is 4.90 Å². The number of halogens is 1. The number of aliphatic carboxylic acids is 1. The first-order valence-corrected chi connectivity index (χ1v) is 14.4. The first-order valence-electron chi connectivity index (χ1n) is 12.4. The lowest BCUT2D eigenvalue weighted by Gasteiger charge is -2.28. The van der Waals surface area contributed by atoms with Gasteiger partial charge in [-0.05, 0) is 56.7 Å². The minimum atomic E-state index is -3.80. The summed E-state index contributed by atoms with van der Waals surface area (Å²) in [7, 11) is -2.14. The van der Waals surface area contributed by atoms with Crippen LogP contribution in [0.1, 0.15) is 75.9 Å². The van der Waals surface area contributed by atoms with Crippen LogP contribution in [0.2, 0.25) is 5.02 Å². The van der Waals surface area contributed by atoms with Gasteiger partial charge < -0.3 is 14.7 Å². The smallest absolute Gasteiger partial charge is 0.345 e. The molecular formula is C29H36ClNO6S. The first-order chi connectivity index (χ1) is 17.6. The molecule has 9 heteroatoms. The fourth-order valence-corrected chi connectivity index (χ4v) is 4.97. The molecule has 0 bridgehead atoms. The van der Waals surface area contributed by atoms with Crippen molar-refractivity contribution in [3.8, 4) is 17.6 Å². The summed E-state index contributed by atoms with van der Waals surface area (Å²) in [5.74, 6) is 4.61. The van der Waals surface area contributed by atoms with E-state index < -0.39 is 32.6 Å². The lowest BCUT2D eigenvalue weighted by molar-refractivity contribution is -0.150. The number of carboxylic acids is 1. The molecule has 206 valence electrons. The lowest BCUT2D eigenvalue weighted by Crippen LogP contribution is -2.39. The van der Waals surface area contributed by atoms with Crippen molar-refractivity contribution in [1.29, 1.82) is 0 Å². The Labute approximate surface area is 231 Å². The third kappa shape index (κ3) is 7.75. The highest BCUT2D eigenvalue weighted by Crippen LogP contribution is 2.29. The van der Waals surface area contributed by atoms with Gasteiger partial charge >= 0.3 is 5.97 Å². The van der Waals surface area contributed by atoms with E-state index in [-0.39, 0.29) is 22.1 Å². The Morgan fingerprint density at radius 2 is 1.76 bits per heavy atom. The second kappa shape index (κ2) is 12.7. The number of ether oxygens (including phenoxy) is 1. The van der Waals surface area contributed by atoms with E-state index in [9.17, 15) is 23.1 Å². The maximum absolute atomic E-state index is 13.2. The molecule has 0 aliphatic heterocycles. The summed E-state index contributed by atoms with van der Waals surface area (Å²) in [5.41, 5.74) is 0.126. The summed E-state index contributed by atoms with van der Waals surface area (Å²) >= 11 is 6.17. The van der Waals surface area contributed by atoms with Crippen molar-refractivity contribution in [3.05, 3.63) is 58.1 Å². The minimum absolute atomic E-state index is 0.0751. The summed E-state index contributed by atoms with van der Waals surface area (Å²) in [6.45, 7) is 10.9. The number of carboxylic acid groups (broad SMARTS) is 1. The van der Waals surface area contributed by atoms with Crippen LogP contribution in [0.4, 0.5) is 0 Å². The van der Waals surface area contributed by atoms with E-state index in [1.165, 1.54) is 17.0 Å². The number of benzene rings is 2. The SMILES string of the molecule is CCCCN(C)C(=O)c1ccc(C#Cc2cc(Cl)ccc2OC(C(=O)O)C(C)(C)C)cc1S(=O)(=O)C(C)C. The average molecular weight is 562 g/mol. The average Bonchev–Trinajstić information content (AvgIpc) is 2.83. The number of amides is 1. The van der Waals surface area contributed by atoms with Crippen LogP contribution in [0, 0.1) is 17.3 Å².